The number of carbonyl (C=O) groups is 1. The number of hydrogen-bond donors (Lipinski definition) is 2. The Labute approximate surface area is 175 Å². The number of nitrogens with one attached hydrogen (secondary N) is 1. The standard InChI is InChI=1S/C20H20N6OS2/c1-3-10-6-11(18(21)27)7-15-16(10)17-19(22-9(2)23-20(17)28-15)24-12-4-5-13-14(8-12)29-26-25-13/h4-5,8,10-11H,3,6-7H2,1-2H3,(H2,21,27)(H,22,23,24)/t10?,11-/m0/s1. The Morgan fingerprint density at radius 3 is 3.00 bits per heavy atom. The number of nitrogens with zero attached hydrogens (tertiary/aromatic N) is 4. The van der Waals surface area contributed by atoms with Gasteiger partial charge < -0.3 is 11.1 Å². The fourth-order valence-corrected chi connectivity index (χ4v) is 6.18. The summed E-state index contributed by atoms with van der Waals surface area (Å²) in [4.78, 5) is 23.5. The van der Waals surface area contributed by atoms with Crippen LogP contribution in [0.3, 0.4) is 0 Å². The van der Waals surface area contributed by atoms with Crippen molar-refractivity contribution in [2.45, 2.75) is 39.0 Å². The minimum Gasteiger partial charge on any atom is -0.369 e. The molecule has 4 aromatic rings. The molecule has 0 fully saturated rings. The quantitative estimate of drug-likeness (QED) is 0.506. The molecule has 0 radical (unpaired) electrons. The van der Waals surface area contributed by atoms with Crippen LogP contribution in [0.25, 0.3) is 20.4 Å². The van der Waals surface area contributed by atoms with E-state index < -0.39 is 0 Å². The molecule has 3 aromatic heterocycles. The Balaban J connectivity index is 1.64. The Bertz CT molecular complexity index is 1250. The zero-order chi connectivity index (χ0) is 20.1. The number of amides is 1. The van der Waals surface area contributed by atoms with Crippen molar-refractivity contribution in [1.82, 2.24) is 19.6 Å². The molecule has 1 unspecified atom stereocenters. The number of rotatable bonds is 4. The normalized spacial score (nSPS) is 18.8. The molecule has 0 saturated heterocycles. The summed E-state index contributed by atoms with van der Waals surface area (Å²) in [5.41, 5.74) is 8.77. The third kappa shape index (κ3) is 3.14. The van der Waals surface area contributed by atoms with Crippen LogP contribution in [-0.4, -0.2) is 25.5 Å². The lowest BCUT2D eigenvalue weighted by molar-refractivity contribution is -0.122. The van der Waals surface area contributed by atoms with E-state index in [1.54, 1.807) is 11.3 Å². The van der Waals surface area contributed by atoms with E-state index in [0.29, 0.717) is 6.42 Å². The first-order valence-corrected chi connectivity index (χ1v) is 11.2. The highest BCUT2D eigenvalue weighted by atomic mass is 32.1. The van der Waals surface area contributed by atoms with Gasteiger partial charge in [0.05, 0.1) is 10.1 Å². The Hall–Kier alpha value is -2.65. The minimum atomic E-state index is -0.210. The zero-order valence-corrected chi connectivity index (χ0v) is 17.7. The molecule has 5 rings (SSSR count). The van der Waals surface area contributed by atoms with Crippen molar-refractivity contribution < 1.29 is 4.79 Å². The molecule has 0 spiro atoms. The molecule has 9 heteroatoms. The second-order valence-corrected chi connectivity index (χ2v) is 9.33. The first-order chi connectivity index (χ1) is 14.0. The summed E-state index contributed by atoms with van der Waals surface area (Å²) in [6.07, 6.45) is 2.43. The maximum atomic E-state index is 11.9. The highest BCUT2D eigenvalue weighted by Gasteiger charge is 2.33. The van der Waals surface area contributed by atoms with Crippen LogP contribution in [0.1, 0.15) is 41.9 Å². The fourth-order valence-electron chi connectivity index (χ4n) is 4.20. The van der Waals surface area contributed by atoms with Gasteiger partial charge in [0.1, 0.15) is 22.0 Å². The SMILES string of the molecule is CCC1C[C@H](C(N)=O)Cc2sc3nc(C)nc(Nc4ccc5nnsc5c4)c3c21. The number of carbonyl (C=O) groups excluding carboxylic acids is 1. The van der Waals surface area contributed by atoms with Gasteiger partial charge in [-0.25, -0.2) is 9.97 Å². The highest BCUT2D eigenvalue weighted by molar-refractivity contribution is 7.19. The van der Waals surface area contributed by atoms with Crippen LogP contribution >= 0.6 is 22.9 Å². The van der Waals surface area contributed by atoms with Crippen LogP contribution < -0.4 is 11.1 Å². The molecular formula is C20H20N6OS2. The maximum Gasteiger partial charge on any atom is 0.220 e. The van der Waals surface area contributed by atoms with E-state index >= 15 is 0 Å². The Morgan fingerprint density at radius 2 is 2.21 bits per heavy atom. The van der Waals surface area contributed by atoms with Gasteiger partial charge in [-0.05, 0) is 67.4 Å². The van der Waals surface area contributed by atoms with E-state index in [2.05, 4.69) is 21.8 Å². The fraction of sp³-hybridized carbons (Fsp3) is 0.350. The molecule has 7 nitrogen and oxygen atoms in total. The summed E-state index contributed by atoms with van der Waals surface area (Å²) in [6, 6.07) is 6.00. The molecular weight excluding hydrogens is 404 g/mol. The number of nitrogens with two attached hydrogens (primary N) is 1. The van der Waals surface area contributed by atoms with Crippen molar-refractivity contribution in [2.75, 3.05) is 5.32 Å². The molecule has 0 aliphatic heterocycles. The van der Waals surface area contributed by atoms with Crippen LogP contribution in [0, 0.1) is 12.8 Å². The topological polar surface area (TPSA) is 107 Å². The average Bonchev–Trinajstić information content (AvgIpc) is 3.30. The van der Waals surface area contributed by atoms with Crippen molar-refractivity contribution in [3.8, 4) is 0 Å². The number of fused-ring (bicyclic) bond motifs is 4. The molecule has 3 N–H and O–H groups in total. The third-order valence-electron chi connectivity index (χ3n) is 5.59. The van der Waals surface area contributed by atoms with Crippen LogP contribution in [0.2, 0.25) is 0 Å². The van der Waals surface area contributed by atoms with E-state index in [1.165, 1.54) is 22.0 Å². The van der Waals surface area contributed by atoms with Gasteiger partial charge in [-0.3, -0.25) is 4.79 Å². The van der Waals surface area contributed by atoms with Gasteiger partial charge in [0, 0.05) is 16.5 Å². The van der Waals surface area contributed by atoms with Crippen molar-refractivity contribution in [2.24, 2.45) is 11.7 Å². The molecule has 3 heterocycles. The van der Waals surface area contributed by atoms with Gasteiger partial charge in [0.25, 0.3) is 0 Å². The van der Waals surface area contributed by atoms with E-state index in [4.69, 9.17) is 15.7 Å². The molecule has 1 aromatic carbocycles. The summed E-state index contributed by atoms with van der Waals surface area (Å²) in [7, 11) is 0. The lowest BCUT2D eigenvalue weighted by atomic mass is 9.78. The summed E-state index contributed by atoms with van der Waals surface area (Å²) < 4.78 is 5.04. The molecule has 29 heavy (non-hydrogen) atoms. The third-order valence-corrected chi connectivity index (χ3v) is 7.40. The number of anilines is 2. The van der Waals surface area contributed by atoms with Crippen molar-refractivity contribution >= 4 is 60.7 Å². The van der Waals surface area contributed by atoms with Gasteiger partial charge in [-0.1, -0.05) is 11.4 Å². The van der Waals surface area contributed by atoms with Gasteiger partial charge in [0.2, 0.25) is 5.91 Å². The lowest BCUT2D eigenvalue weighted by Gasteiger charge is -2.27. The second-order valence-electron chi connectivity index (χ2n) is 7.46. The summed E-state index contributed by atoms with van der Waals surface area (Å²) in [5.74, 6) is 1.51. The smallest absolute Gasteiger partial charge is 0.220 e. The van der Waals surface area contributed by atoms with E-state index in [1.807, 2.05) is 25.1 Å². The number of primary amides is 1. The predicted molar refractivity (Wildman–Crippen MR) is 117 cm³/mol. The first-order valence-electron chi connectivity index (χ1n) is 9.61. The largest absolute Gasteiger partial charge is 0.369 e. The zero-order valence-electron chi connectivity index (χ0n) is 16.1. The van der Waals surface area contributed by atoms with E-state index in [-0.39, 0.29) is 17.7 Å². The van der Waals surface area contributed by atoms with Gasteiger partial charge in [0.15, 0.2) is 0 Å². The average molecular weight is 425 g/mol. The molecule has 148 valence electrons. The summed E-state index contributed by atoms with van der Waals surface area (Å²) in [6.45, 7) is 4.07. The van der Waals surface area contributed by atoms with Crippen LogP contribution in [0.15, 0.2) is 18.2 Å². The van der Waals surface area contributed by atoms with Crippen molar-refractivity contribution in [3.05, 3.63) is 34.5 Å². The summed E-state index contributed by atoms with van der Waals surface area (Å²) >= 11 is 3.04. The number of thiophene rings is 1. The van der Waals surface area contributed by atoms with E-state index in [0.717, 1.165) is 50.6 Å². The number of aryl methyl sites for hydroxylation is 1. The molecule has 0 saturated carbocycles. The van der Waals surface area contributed by atoms with Crippen LogP contribution in [0.5, 0.6) is 0 Å². The maximum absolute atomic E-state index is 11.9. The number of benzene rings is 1. The Kier molecular flexibility index (Phi) is 4.44. The Morgan fingerprint density at radius 1 is 1.34 bits per heavy atom. The molecule has 2 atom stereocenters. The number of aromatic nitrogens is 4. The predicted octanol–water partition coefficient (Wildman–Crippen LogP) is 4.29. The molecule has 0 bridgehead atoms. The van der Waals surface area contributed by atoms with Crippen LogP contribution in [0.4, 0.5) is 11.5 Å². The van der Waals surface area contributed by atoms with E-state index in [9.17, 15) is 4.79 Å². The molecule has 1 amide bonds. The lowest BCUT2D eigenvalue weighted by Crippen LogP contribution is -2.29. The van der Waals surface area contributed by atoms with Crippen molar-refractivity contribution in [1.29, 1.82) is 0 Å². The van der Waals surface area contributed by atoms with Crippen molar-refractivity contribution in [3.63, 3.8) is 0 Å². The second kappa shape index (κ2) is 7.00. The first kappa shape index (κ1) is 18.4. The van der Waals surface area contributed by atoms with Gasteiger partial charge in [-0.2, -0.15) is 0 Å². The molecule has 1 aliphatic rings. The summed E-state index contributed by atoms with van der Waals surface area (Å²) in [5, 5.41) is 8.68. The van der Waals surface area contributed by atoms with Gasteiger partial charge >= 0.3 is 0 Å². The molecule has 1 aliphatic carbocycles. The monoisotopic (exact) mass is 424 g/mol. The van der Waals surface area contributed by atoms with Gasteiger partial charge in [-0.15, -0.1) is 16.4 Å². The van der Waals surface area contributed by atoms with Crippen LogP contribution in [-0.2, 0) is 11.2 Å². The number of hydrogen-bond acceptors (Lipinski definition) is 8. The minimum absolute atomic E-state index is 0.104. The highest BCUT2D eigenvalue weighted by Crippen LogP contribution is 2.47.